The number of rotatable bonds is 8. The molecule has 0 fully saturated rings. The second-order valence-corrected chi connectivity index (χ2v) is 9.05. The Morgan fingerprint density at radius 1 is 0.939 bits per heavy atom. The normalized spacial score (nSPS) is 11.6. The molecule has 0 aliphatic rings. The molecule has 0 aliphatic carbocycles. The first kappa shape index (κ1) is 24.2. The van der Waals surface area contributed by atoms with Gasteiger partial charge in [-0.15, -0.1) is 0 Å². The molecule has 0 saturated heterocycles. The molecule has 3 rings (SSSR count). The van der Waals surface area contributed by atoms with Crippen LogP contribution in [-0.2, 0) is 21.4 Å². The predicted octanol–water partition coefficient (Wildman–Crippen LogP) is 4.19. The molecule has 6 nitrogen and oxygen atoms in total. The van der Waals surface area contributed by atoms with Gasteiger partial charge in [-0.2, -0.15) is 4.31 Å². The summed E-state index contributed by atoms with van der Waals surface area (Å²) in [5.74, 6) is -5.56. The third-order valence-electron chi connectivity index (χ3n) is 4.54. The van der Waals surface area contributed by atoms with Gasteiger partial charge in [-0.3, -0.25) is 0 Å². The Hall–Kier alpha value is -3.44. The fourth-order valence-electron chi connectivity index (χ4n) is 3.07. The van der Waals surface area contributed by atoms with Gasteiger partial charge in [0, 0.05) is 25.2 Å². The van der Waals surface area contributed by atoms with Crippen molar-refractivity contribution in [2.24, 2.45) is 0 Å². The van der Waals surface area contributed by atoms with Crippen LogP contribution in [0.15, 0.2) is 59.5 Å². The predicted molar refractivity (Wildman–Crippen MR) is 110 cm³/mol. The van der Waals surface area contributed by atoms with Crippen LogP contribution in [-0.4, -0.2) is 37.5 Å². The fraction of sp³-hybridized carbons (Fsp3) is 0.136. The summed E-state index contributed by atoms with van der Waals surface area (Å²) in [6, 6.07) is 8.67. The minimum atomic E-state index is -4.07. The zero-order valence-electron chi connectivity index (χ0n) is 17.1. The van der Waals surface area contributed by atoms with Gasteiger partial charge in [-0.05, 0) is 59.7 Å². The highest BCUT2D eigenvalue weighted by atomic mass is 32.2. The molecule has 0 heterocycles. The van der Waals surface area contributed by atoms with Gasteiger partial charge in [0.2, 0.25) is 10.0 Å². The van der Waals surface area contributed by atoms with Crippen molar-refractivity contribution in [2.45, 2.75) is 11.4 Å². The maximum Gasteiger partial charge on any atom is 0.341 e. The number of ether oxygens (including phenoxy) is 1. The van der Waals surface area contributed by atoms with Crippen molar-refractivity contribution in [2.75, 3.05) is 13.7 Å². The van der Waals surface area contributed by atoms with E-state index in [1.807, 2.05) is 0 Å². The van der Waals surface area contributed by atoms with E-state index >= 15 is 0 Å². The molecule has 0 unspecified atom stereocenters. The molecule has 33 heavy (non-hydrogen) atoms. The van der Waals surface area contributed by atoms with Crippen molar-refractivity contribution >= 4 is 16.0 Å². The molecular formula is C22H17F4NO5S. The number of sulfonamides is 1. The fourth-order valence-corrected chi connectivity index (χ4v) is 4.23. The van der Waals surface area contributed by atoms with E-state index in [9.17, 15) is 30.8 Å². The van der Waals surface area contributed by atoms with Gasteiger partial charge in [0.15, 0.2) is 18.2 Å². The first-order chi connectivity index (χ1) is 15.5. The summed E-state index contributed by atoms with van der Waals surface area (Å²) in [5.41, 5.74) is -0.224. The van der Waals surface area contributed by atoms with Gasteiger partial charge >= 0.3 is 5.97 Å². The van der Waals surface area contributed by atoms with E-state index in [1.165, 1.54) is 13.1 Å². The second-order valence-electron chi connectivity index (χ2n) is 7.01. The Labute approximate surface area is 186 Å². The highest BCUT2D eigenvalue weighted by molar-refractivity contribution is 7.89. The average Bonchev–Trinajstić information content (AvgIpc) is 2.72. The molecule has 0 spiro atoms. The van der Waals surface area contributed by atoms with Crippen molar-refractivity contribution in [1.82, 2.24) is 4.31 Å². The number of hydrogen-bond acceptors (Lipinski definition) is 4. The monoisotopic (exact) mass is 483 g/mol. The maximum absolute atomic E-state index is 14.8. The van der Waals surface area contributed by atoms with Crippen molar-refractivity contribution in [3.63, 3.8) is 0 Å². The lowest BCUT2D eigenvalue weighted by Gasteiger charge is -2.19. The summed E-state index contributed by atoms with van der Waals surface area (Å²) in [6.07, 6.45) is 0. The van der Waals surface area contributed by atoms with Gasteiger partial charge in [0.05, 0.1) is 4.90 Å². The van der Waals surface area contributed by atoms with E-state index in [-0.39, 0.29) is 28.1 Å². The number of carboxylic acid groups (broad SMARTS) is 1. The average molecular weight is 483 g/mol. The first-order valence-corrected chi connectivity index (χ1v) is 10.8. The number of nitrogens with zero attached hydrogens (tertiary/aromatic N) is 1. The summed E-state index contributed by atoms with van der Waals surface area (Å²) in [4.78, 5) is 10.7. The van der Waals surface area contributed by atoms with Crippen LogP contribution in [0.4, 0.5) is 17.6 Å². The van der Waals surface area contributed by atoms with Crippen LogP contribution >= 0.6 is 0 Å². The number of carboxylic acids is 1. The molecule has 0 aliphatic heterocycles. The standard InChI is InChI=1S/C22H17F4NO5S/c1-27(33(30,31)18-4-2-15(23)3-5-18)11-13-6-19(14-8-16(24)10-17(25)9-14)22(20(26)7-13)32-12-21(28)29/h2-10H,11-12H2,1H3,(H,28,29). The lowest BCUT2D eigenvalue weighted by molar-refractivity contribution is -0.139. The van der Waals surface area contributed by atoms with Gasteiger partial charge in [-0.25, -0.2) is 30.8 Å². The Balaban J connectivity index is 2.03. The van der Waals surface area contributed by atoms with Crippen LogP contribution in [0.5, 0.6) is 5.75 Å². The SMILES string of the molecule is CN(Cc1cc(F)c(OCC(=O)O)c(-c2cc(F)cc(F)c2)c1)S(=O)(=O)c1ccc(F)cc1. The lowest BCUT2D eigenvalue weighted by Crippen LogP contribution is -2.26. The number of aliphatic carboxylic acids is 1. The number of halogens is 4. The van der Waals surface area contributed by atoms with Crippen molar-refractivity contribution in [3.8, 4) is 16.9 Å². The van der Waals surface area contributed by atoms with Crippen LogP contribution in [0, 0.1) is 23.3 Å². The van der Waals surface area contributed by atoms with Crippen LogP contribution in [0.25, 0.3) is 11.1 Å². The molecule has 0 atom stereocenters. The Bertz CT molecular complexity index is 1280. The van der Waals surface area contributed by atoms with Crippen LogP contribution in [0.2, 0.25) is 0 Å². The summed E-state index contributed by atoms with van der Waals surface area (Å²) in [7, 11) is -2.86. The van der Waals surface area contributed by atoms with Gasteiger partial charge < -0.3 is 9.84 Å². The van der Waals surface area contributed by atoms with E-state index in [1.54, 1.807) is 0 Å². The number of hydrogen-bond donors (Lipinski definition) is 1. The molecule has 1 N–H and O–H groups in total. The molecule has 3 aromatic rings. The summed E-state index contributed by atoms with van der Waals surface area (Å²) >= 11 is 0. The molecule has 174 valence electrons. The number of carbonyl (C=O) groups is 1. The van der Waals surface area contributed by atoms with Crippen LogP contribution in [0.1, 0.15) is 5.56 Å². The van der Waals surface area contributed by atoms with Crippen molar-refractivity contribution in [1.29, 1.82) is 0 Å². The highest BCUT2D eigenvalue weighted by Crippen LogP contribution is 2.35. The van der Waals surface area contributed by atoms with Gasteiger partial charge in [-0.1, -0.05) is 0 Å². The smallest absolute Gasteiger partial charge is 0.341 e. The summed E-state index contributed by atoms with van der Waals surface area (Å²) in [6.45, 7) is -1.28. The second kappa shape index (κ2) is 9.59. The lowest BCUT2D eigenvalue weighted by atomic mass is 10.0. The van der Waals surface area contributed by atoms with Crippen LogP contribution < -0.4 is 4.74 Å². The third-order valence-corrected chi connectivity index (χ3v) is 6.36. The minimum absolute atomic E-state index is 0.0861. The largest absolute Gasteiger partial charge is 0.479 e. The molecule has 0 saturated carbocycles. The van der Waals surface area contributed by atoms with Crippen molar-refractivity contribution < 1.29 is 40.6 Å². The molecule has 11 heteroatoms. The van der Waals surface area contributed by atoms with E-state index < -0.39 is 51.6 Å². The number of benzene rings is 3. The quantitative estimate of drug-likeness (QED) is 0.486. The minimum Gasteiger partial charge on any atom is -0.479 e. The van der Waals surface area contributed by atoms with Gasteiger partial charge in [0.25, 0.3) is 0 Å². The highest BCUT2D eigenvalue weighted by Gasteiger charge is 2.23. The molecule has 0 radical (unpaired) electrons. The van der Waals surface area contributed by atoms with Gasteiger partial charge in [0.1, 0.15) is 17.5 Å². The Kier molecular flexibility index (Phi) is 7.04. The molecule has 3 aromatic carbocycles. The van der Waals surface area contributed by atoms with E-state index in [4.69, 9.17) is 9.84 Å². The molecule has 0 bridgehead atoms. The topological polar surface area (TPSA) is 83.9 Å². The summed E-state index contributed by atoms with van der Waals surface area (Å²) in [5, 5.41) is 8.84. The summed E-state index contributed by atoms with van der Waals surface area (Å²) < 4.78 is 86.8. The Morgan fingerprint density at radius 2 is 1.55 bits per heavy atom. The van der Waals surface area contributed by atoms with E-state index in [0.717, 1.165) is 46.8 Å². The molecule has 0 amide bonds. The maximum atomic E-state index is 14.8. The third kappa shape index (κ3) is 5.68. The van der Waals surface area contributed by atoms with Crippen LogP contribution in [0.3, 0.4) is 0 Å². The Morgan fingerprint density at radius 3 is 2.12 bits per heavy atom. The zero-order chi connectivity index (χ0) is 24.3. The zero-order valence-corrected chi connectivity index (χ0v) is 17.9. The van der Waals surface area contributed by atoms with Crippen molar-refractivity contribution in [3.05, 3.63) is 83.4 Å². The first-order valence-electron chi connectivity index (χ1n) is 9.33. The molecule has 0 aromatic heterocycles. The van der Waals surface area contributed by atoms with E-state index in [0.29, 0.717) is 6.07 Å². The molecular weight excluding hydrogens is 466 g/mol. The van der Waals surface area contributed by atoms with E-state index in [2.05, 4.69) is 0 Å².